The van der Waals surface area contributed by atoms with Gasteiger partial charge in [-0.15, -0.1) is 0 Å². The maximum absolute atomic E-state index is 13.9. The van der Waals surface area contributed by atoms with Crippen LogP contribution in [0.1, 0.15) is 31.8 Å². The van der Waals surface area contributed by atoms with Gasteiger partial charge in [0.2, 0.25) is 5.91 Å². The molecule has 0 radical (unpaired) electrons. The molecular formula is C26H21F4N3O3. The molecule has 0 bridgehead atoms. The second kappa shape index (κ2) is 10.2. The summed E-state index contributed by atoms with van der Waals surface area (Å²) < 4.78 is 53.3. The molecule has 1 fully saturated rings. The molecule has 6 nitrogen and oxygen atoms in total. The number of nitrogens with one attached hydrogen (secondary N) is 2. The lowest BCUT2D eigenvalue weighted by Gasteiger charge is -2.26. The topological polar surface area (TPSA) is 78.5 Å². The number of carbonyl (C=O) groups is 3. The molecule has 0 aromatic heterocycles. The number of benzene rings is 3. The van der Waals surface area contributed by atoms with Crippen LogP contribution in [-0.2, 0) is 17.5 Å². The molecule has 0 atom stereocenters. The zero-order valence-electron chi connectivity index (χ0n) is 18.9. The van der Waals surface area contributed by atoms with E-state index in [1.165, 1.54) is 23.1 Å². The lowest BCUT2D eigenvalue weighted by Crippen LogP contribution is -2.49. The lowest BCUT2D eigenvalue weighted by atomic mass is 9.97. The number of amides is 3. The van der Waals surface area contributed by atoms with Crippen molar-refractivity contribution in [2.75, 3.05) is 19.6 Å². The van der Waals surface area contributed by atoms with E-state index < -0.39 is 23.5 Å². The van der Waals surface area contributed by atoms with Gasteiger partial charge in [0.15, 0.2) is 0 Å². The van der Waals surface area contributed by atoms with E-state index in [1.54, 1.807) is 24.3 Å². The van der Waals surface area contributed by atoms with Crippen molar-refractivity contribution >= 4 is 17.7 Å². The molecule has 1 saturated heterocycles. The van der Waals surface area contributed by atoms with E-state index in [0.717, 1.165) is 24.3 Å². The monoisotopic (exact) mass is 499 g/mol. The van der Waals surface area contributed by atoms with Crippen molar-refractivity contribution in [1.29, 1.82) is 0 Å². The second-order valence-electron chi connectivity index (χ2n) is 8.22. The molecule has 1 heterocycles. The Balaban J connectivity index is 1.47. The molecule has 0 unspecified atom stereocenters. The molecule has 186 valence electrons. The van der Waals surface area contributed by atoms with Crippen LogP contribution in [0.25, 0.3) is 11.1 Å². The average Bonchev–Trinajstić information content (AvgIpc) is 2.86. The first kappa shape index (κ1) is 24.9. The zero-order valence-corrected chi connectivity index (χ0v) is 18.9. The lowest BCUT2D eigenvalue weighted by molar-refractivity contribution is -0.137. The quantitative estimate of drug-likeness (QED) is 0.521. The van der Waals surface area contributed by atoms with Gasteiger partial charge >= 0.3 is 6.18 Å². The van der Waals surface area contributed by atoms with Crippen molar-refractivity contribution in [2.45, 2.75) is 12.7 Å². The normalized spacial score (nSPS) is 13.8. The van der Waals surface area contributed by atoms with E-state index in [9.17, 15) is 31.9 Å². The van der Waals surface area contributed by atoms with Crippen molar-refractivity contribution in [1.82, 2.24) is 15.5 Å². The highest BCUT2D eigenvalue weighted by atomic mass is 19.4. The summed E-state index contributed by atoms with van der Waals surface area (Å²) in [4.78, 5) is 38.4. The Bertz CT molecular complexity index is 1310. The van der Waals surface area contributed by atoms with Crippen LogP contribution < -0.4 is 10.6 Å². The Morgan fingerprint density at radius 2 is 1.75 bits per heavy atom. The van der Waals surface area contributed by atoms with Crippen LogP contribution in [0.4, 0.5) is 17.6 Å². The highest BCUT2D eigenvalue weighted by Crippen LogP contribution is 2.33. The van der Waals surface area contributed by atoms with Gasteiger partial charge in [-0.1, -0.05) is 30.3 Å². The fraction of sp³-hybridized carbons (Fsp3) is 0.192. The minimum Gasteiger partial charge on any atom is -0.353 e. The van der Waals surface area contributed by atoms with Crippen molar-refractivity contribution < 1.29 is 31.9 Å². The summed E-state index contributed by atoms with van der Waals surface area (Å²) in [6.07, 6.45) is -4.56. The summed E-state index contributed by atoms with van der Waals surface area (Å²) in [6.45, 7) is 0.817. The van der Waals surface area contributed by atoms with Gasteiger partial charge in [0.1, 0.15) is 5.82 Å². The second-order valence-corrected chi connectivity index (χ2v) is 8.22. The average molecular weight is 499 g/mol. The standard InChI is InChI=1S/C26H21F4N3O3/c27-20-8-9-21(18-2-1-3-19(12-18)26(28,29)30)22(13-20)24(35)32-14-16-4-6-17(7-5-16)25(36)33-11-10-31-23(34)15-33/h1-9,12-13H,10-11,14-15H2,(H,31,34)(H,32,35). The minimum absolute atomic E-state index is 0.0154. The molecule has 4 rings (SSSR count). The molecule has 2 N–H and O–H groups in total. The number of halogens is 4. The molecule has 1 aliphatic heterocycles. The third-order valence-electron chi connectivity index (χ3n) is 5.71. The van der Waals surface area contributed by atoms with Crippen LogP contribution in [0, 0.1) is 5.82 Å². The van der Waals surface area contributed by atoms with Gasteiger partial charge in [0.25, 0.3) is 11.8 Å². The molecule has 36 heavy (non-hydrogen) atoms. The number of hydrogen-bond donors (Lipinski definition) is 2. The molecule has 1 aliphatic rings. The van der Waals surface area contributed by atoms with Crippen LogP contribution in [0.2, 0.25) is 0 Å². The van der Waals surface area contributed by atoms with Crippen LogP contribution in [0.5, 0.6) is 0 Å². The minimum atomic E-state index is -4.56. The van der Waals surface area contributed by atoms with E-state index >= 15 is 0 Å². The van der Waals surface area contributed by atoms with Crippen molar-refractivity contribution in [3.63, 3.8) is 0 Å². The third-order valence-corrected chi connectivity index (χ3v) is 5.71. The summed E-state index contributed by atoms with van der Waals surface area (Å²) >= 11 is 0. The Hall–Kier alpha value is -4.21. The van der Waals surface area contributed by atoms with Crippen LogP contribution in [0.3, 0.4) is 0 Å². The Kier molecular flexibility index (Phi) is 7.05. The number of rotatable bonds is 5. The Labute approximate surface area is 203 Å². The fourth-order valence-corrected chi connectivity index (χ4v) is 3.86. The van der Waals surface area contributed by atoms with Crippen LogP contribution in [0.15, 0.2) is 66.7 Å². The van der Waals surface area contributed by atoms with Gasteiger partial charge in [-0.25, -0.2) is 4.39 Å². The van der Waals surface area contributed by atoms with E-state index in [1.807, 2.05) is 0 Å². The Morgan fingerprint density at radius 3 is 2.44 bits per heavy atom. The fourth-order valence-electron chi connectivity index (χ4n) is 3.86. The highest BCUT2D eigenvalue weighted by Gasteiger charge is 2.30. The first-order valence-corrected chi connectivity index (χ1v) is 11.0. The Morgan fingerprint density at radius 1 is 1.00 bits per heavy atom. The molecule has 3 aromatic carbocycles. The predicted molar refractivity (Wildman–Crippen MR) is 123 cm³/mol. The van der Waals surface area contributed by atoms with Gasteiger partial charge in [-0.05, 0) is 53.1 Å². The number of carbonyl (C=O) groups excluding carboxylic acids is 3. The van der Waals surface area contributed by atoms with E-state index in [2.05, 4.69) is 10.6 Å². The molecule has 0 aliphatic carbocycles. The van der Waals surface area contributed by atoms with Gasteiger partial charge in [0.05, 0.1) is 17.7 Å². The van der Waals surface area contributed by atoms with Crippen LogP contribution >= 0.6 is 0 Å². The third kappa shape index (κ3) is 5.70. The molecule has 0 spiro atoms. The SMILES string of the molecule is O=C1CN(C(=O)c2ccc(CNC(=O)c3cc(F)ccc3-c3cccc(C(F)(F)F)c3)cc2)CCN1. The van der Waals surface area contributed by atoms with Gasteiger partial charge < -0.3 is 15.5 Å². The molecule has 3 aromatic rings. The van der Waals surface area contributed by atoms with Gasteiger partial charge in [-0.2, -0.15) is 13.2 Å². The first-order valence-electron chi connectivity index (χ1n) is 11.0. The van der Waals surface area contributed by atoms with E-state index in [-0.39, 0.29) is 41.6 Å². The van der Waals surface area contributed by atoms with Gasteiger partial charge in [0, 0.05) is 25.2 Å². The number of nitrogens with zero attached hydrogens (tertiary/aromatic N) is 1. The van der Waals surface area contributed by atoms with Crippen molar-refractivity contribution in [3.05, 3.63) is 94.8 Å². The maximum atomic E-state index is 13.9. The zero-order chi connectivity index (χ0) is 25.9. The van der Waals surface area contributed by atoms with Crippen molar-refractivity contribution in [2.24, 2.45) is 0 Å². The maximum Gasteiger partial charge on any atom is 0.416 e. The van der Waals surface area contributed by atoms with Crippen molar-refractivity contribution in [3.8, 4) is 11.1 Å². The molecule has 3 amide bonds. The first-order chi connectivity index (χ1) is 17.1. The largest absolute Gasteiger partial charge is 0.416 e. The number of piperazine rings is 1. The summed E-state index contributed by atoms with van der Waals surface area (Å²) in [6, 6.07) is 14.2. The molecular weight excluding hydrogens is 478 g/mol. The van der Waals surface area contributed by atoms with E-state index in [4.69, 9.17) is 0 Å². The summed E-state index contributed by atoms with van der Waals surface area (Å²) in [5.41, 5.74) is 0.334. The van der Waals surface area contributed by atoms with E-state index in [0.29, 0.717) is 24.2 Å². The summed E-state index contributed by atoms with van der Waals surface area (Å²) in [5.74, 6) is -1.88. The molecule has 10 heteroatoms. The van der Waals surface area contributed by atoms with Gasteiger partial charge in [-0.3, -0.25) is 14.4 Å². The summed E-state index contributed by atoms with van der Waals surface area (Å²) in [5, 5.41) is 5.29. The smallest absolute Gasteiger partial charge is 0.353 e. The van der Waals surface area contributed by atoms with Crippen LogP contribution in [-0.4, -0.2) is 42.3 Å². The number of alkyl halides is 3. The molecule has 0 saturated carbocycles. The predicted octanol–water partition coefficient (Wildman–Crippen LogP) is 4.01. The number of hydrogen-bond acceptors (Lipinski definition) is 3. The highest BCUT2D eigenvalue weighted by molar-refractivity contribution is 6.01. The summed E-state index contributed by atoms with van der Waals surface area (Å²) in [7, 11) is 0.